The maximum atomic E-state index is 12.8. The average Bonchev–Trinajstić information content (AvgIpc) is 3.18. The van der Waals surface area contributed by atoms with Gasteiger partial charge in [-0.15, -0.1) is 10.2 Å². The van der Waals surface area contributed by atoms with Gasteiger partial charge in [0.05, 0.1) is 12.8 Å². The van der Waals surface area contributed by atoms with Crippen LogP contribution in [0.15, 0.2) is 47.0 Å². The number of anilines is 3. The summed E-state index contributed by atoms with van der Waals surface area (Å²) in [7, 11) is 1.67. The Hall–Kier alpha value is -3.62. The van der Waals surface area contributed by atoms with Gasteiger partial charge in [-0.1, -0.05) is 17.3 Å². The number of benzene rings is 1. The van der Waals surface area contributed by atoms with Gasteiger partial charge < -0.3 is 24.4 Å². The van der Waals surface area contributed by atoms with E-state index in [0.29, 0.717) is 36.2 Å². The van der Waals surface area contributed by atoms with Gasteiger partial charge in [0.1, 0.15) is 11.5 Å². The van der Waals surface area contributed by atoms with Gasteiger partial charge in [0.25, 0.3) is 5.91 Å². The Labute approximate surface area is 168 Å². The monoisotopic (exact) mass is 394 g/mol. The SMILES string of the molecule is COc1ccccc1N1CCN(C(=O)c2ccc(Nc3cc(C)on3)nn2)CC1. The first kappa shape index (κ1) is 18.7. The molecular weight excluding hydrogens is 372 g/mol. The number of para-hydroxylation sites is 2. The van der Waals surface area contributed by atoms with E-state index < -0.39 is 0 Å². The summed E-state index contributed by atoms with van der Waals surface area (Å²) in [4.78, 5) is 16.8. The molecule has 1 aliphatic rings. The molecular formula is C20H22N6O3. The van der Waals surface area contributed by atoms with Crippen LogP contribution in [0.5, 0.6) is 5.75 Å². The molecule has 29 heavy (non-hydrogen) atoms. The minimum atomic E-state index is -0.124. The van der Waals surface area contributed by atoms with E-state index in [1.807, 2.05) is 24.3 Å². The van der Waals surface area contributed by atoms with Crippen LogP contribution < -0.4 is 15.0 Å². The van der Waals surface area contributed by atoms with Crippen LogP contribution in [-0.4, -0.2) is 59.4 Å². The third-order valence-corrected chi connectivity index (χ3v) is 4.76. The molecule has 9 nitrogen and oxygen atoms in total. The topological polar surface area (TPSA) is 96.6 Å². The molecule has 3 aromatic rings. The van der Waals surface area contributed by atoms with Gasteiger partial charge >= 0.3 is 0 Å². The maximum Gasteiger partial charge on any atom is 0.274 e. The third kappa shape index (κ3) is 4.13. The number of ether oxygens (including phenoxy) is 1. The van der Waals surface area contributed by atoms with Crippen molar-refractivity contribution in [3.05, 3.63) is 53.9 Å². The lowest BCUT2D eigenvalue weighted by Gasteiger charge is -2.36. The molecule has 2 aromatic heterocycles. The Kier molecular flexibility index (Phi) is 5.28. The summed E-state index contributed by atoms with van der Waals surface area (Å²) >= 11 is 0. The van der Waals surface area contributed by atoms with Crippen molar-refractivity contribution < 1.29 is 14.1 Å². The minimum absolute atomic E-state index is 0.124. The number of carbonyl (C=O) groups is 1. The average molecular weight is 394 g/mol. The number of hydrogen-bond donors (Lipinski definition) is 1. The van der Waals surface area contributed by atoms with Crippen molar-refractivity contribution in [2.75, 3.05) is 43.5 Å². The summed E-state index contributed by atoms with van der Waals surface area (Å²) in [5.74, 6) is 2.45. The molecule has 1 N–H and O–H groups in total. The van der Waals surface area contributed by atoms with Crippen molar-refractivity contribution in [1.82, 2.24) is 20.3 Å². The number of nitrogens with zero attached hydrogens (tertiary/aromatic N) is 5. The highest BCUT2D eigenvalue weighted by Gasteiger charge is 2.24. The molecule has 1 amide bonds. The van der Waals surface area contributed by atoms with Gasteiger partial charge in [0.2, 0.25) is 0 Å². The zero-order valence-electron chi connectivity index (χ0n) is 16.3. The molecule has 0 bridgehead atoms. The molecule has 1 aromatic carbocycles. The van der Waals surface area contributed by atoms with E-state index in [4.69, 9.17) is 9.26 Å². The predicted octanol–water partition coefficient (Wildman–Crippen LogP) is 2.49. The lowest BCUT2D eigenvalue weighted by atomic mass is 10.2. The number of aromatic nitrogens is 3. The van der Waals surface area contributed by atoms with Crippen LogP contribution in [0.1, 0.15) is 16.2 Å². The Bertz CT molecular complexity index is 980. The van der Waals surface area contributed by atoms with E-state index in [-0.39, 0.29) is 5.91 Å². The Morgan fingerprint density at radius 1 is 1.07 bits per heavy atom. The van der Waals surface area contributed by atoms with E-state index in [9.17, 15) is 4.79 Å². The summed E-state index contributed by atoms with van der Waals surface area (Å²) in [5, 5.41) is 15.0. The number of aryl methyl sites for hydroxylation is 1. The molecule has 150 valence electrons. The third-order valence-electron chi connectivity index (χ3n) is 4.76. The number of methoxy groups -OCH3 is 1. The van der Waals surface area contributed by atoms with E-state index >= 15 is 0 Å². The van der Waals surface area contributed by atoms with Crippen LogP contribution in [0.3, 0.4) is 0 Å². The van der Waals surface area contributed by atoms with Gasteiger partial charge in [-0.05, 0) is 31.2 Å². The van der Waals surface area contributed by atoms with Crippen LogP contribution in [0.2, 0.25) is 0 Å². The molecule has 0 aliphatic carbocycles. The van der Waals surface area contributed by atoms with Crippen LogP contribution in [0.4, 0.5) is 17.3 Å². The zero-order valence-corrected chi connectivity index (χ0v) is 16.3. The second kappa shape index (κ2) is 8.17. The highest BCUT2D eigenvalue weighted by Crippen LogP contribution is 2.28. The number of amides is 1. The summed E-state index contributed by atoms with van der Waals surface area (Å²) in [6.07, 6.45) is 0. The van der Waals surface area contributed by atoms with E-state index in [2.05, 4.69) is 25.6 Å². The largest absolute Gasteiger partial charge is 0.495 e. The number of carbonyl (C=O) groups excluding carboxylic acids is 1. The fourth-order valence-corrected chi connectivity index (χ4v) is 3.27. The molecule has 0 atom stereocenters. The van der Waals surface area contributed by atoms with Gasteiger partial charge in [0, 0.05) is 32.2 Å². The maximum absolute atomic E-state index is 12.8. The second-order valence-electron chi connectivity index (χ2n) is 6.70. The first-order chi connectivity index (χ1) is 14.1. The fraction of sp³-hybridized carbons (Fsp3) is 0.300. The smallest absolute Gasteiger partial charge is 0.274 e. The number of nitrogens with one attached hydrogen (secondary N) is 1. The summed E-state index contributed by atoms with van der Waals surface area (Å²) < 4.78 is 10.4. The van der Waals surface area contributed by atoms with E-state index in [1.54, 1.807) is 37.1 Å². The molecule has 0 spiro atoms. The summed E-state index contributed by atoms with van der Waals surface area (Å²) in [6, 6.07) is 13.0. The number of hydrogen-bond acceptors (Lipinski definition) is 8. The minimum Gasteiger partial charge on any atom is -0.495 e. The van der Waals surface area contributed by atoms with Crippen LogP contribution in [0, 0.1) is 6.92 Å². The molecule has 0 saturated carbocycles. The Morgan fingerprint density at radius 2 is 1.86 bits per heavy atom. The Morgan fingerprint density at radius 3 is 2.52 bits per heavy atom. The highest BCUT2D eigenvalue weighted by molar-refractivity contribution is 5.92. The first-order valence-corrected chi connectivity index (χ1v) is 9.35. The fourth-order valence-electron chi connectivity index (χ4n) is 3.27. The second-order valence-corrected chi connectivity index (χ2v) is 6.70. The molecule has 9 heteroatoms. The van der Waals surface area contributed by atoms with Gasteiger partial charge in [-0.3, -0.25) is 4.79 Å². The molecule has 3 heterocycles. The van der Waals surface area contributed by atoms with Crippen LogP contribution >= 0.6 is 0 Å². The van der Waals surface area contributed by atoms with E-state index in [0.717, 1.165) is 24.5 Å². The lowest BCUT2D eigenvalue weighted by molar-refractivity contribution is 0.0739. The number of piperazine rings is 1. The molecule has 0 unspecified atom stereocenters. The quantitative estimate of drug-likeness (QED) is 0.705. The zero-order chi connectivity index (χ0) is 20.2. The van der Waals surface area contributed by atoms with Crippen molar-refractivity contribution in [3.8, 4) is 5.75 Å². The van der Waals surface area contributed by atoms with Crippen molar-refractivity contribution in [3.63, 3.8) is 0 Å². The standard InChI is InChI=1S/C20H22N6O3/c1-14-13-19(24-29-14)21-18-8-7-15(22-23-18)20(27)26-11-9-25(10-12-26)16-5-3-4-6-17(16)28-2/h3-8,13H,9-12H2,1-2H3,(H,21,23,24). The predicted molar refractivity (Wildman–Crippen MR) is 108 cm³/mol. The molecule has 1 saturated heterocycles. The molecule has 1 fully saturated rings. The van der Waals surface area contributed by atoms with Crippen molar-refractivity contribution in [1.29, 1.82) is 0 Å². The van der Waals surface area contributed by atoms with E-state index in [1.165, 1.54) is 0 Å². The summed E-state index contributed by atoms with van der Waals surface area (Å²) in [6.45, 7) is 4.47. The van der Waals surface area contributed by atoms with Gasteiger partial charge in [0.15, 0.2) is 17.3 Å². The highest BCUT2D eigenvalue weighted by atomic mass is 16.5. The Balaban J connectivity index is 1.37. The van der Waals surface area contributed by atoms with Crippen molar-refractivity contribution in [2.24, 2.45) is 0 Å². The molecule has 0 radical (unpaired) electrons. The normalized spacial score (nSPS) is 14.0. The summed E-state index contributed by atoms with van der Waals surface area (Å²) in [5.41, 5.74) is 1.36. The van der Waals surface area contributed by atoms with Crippen molar-refractivity contribution >= 4 is 23.2 Å². The van der Waals surface area contributed by atoms with Gasteiger partial charge in [-0.2, -0.15) is 0 Å². The number of rotatable bonds is 5. The van der Waals surface area contributed by atoms with Crippen LogP contribution in [-0.2, 0) is 0 Å². The molecule has 4 rings (SSSR count). The van der Waals surface area contributed by atoms with Crippen LogP contribution in [0.25, 0.3) is 0 Å². The first-order valence-electron chi connectivity index (χ1n) is 9.35. The van der Waals surface area contributed by atoms with Crippen molar-refractivity contribution in [2.45, 2.75) is 6.92 Å². The van der Waals surface area contributed by atoms with Gasteiger partial charge in [-0.25, -0.2) is 0 Å². The lowest BCUT2D eigenvalue weighted by Crippen LogP contribution is -2.49. The molecule has 1 aliphatic heterocycles.